The lowest BCUT2D eigenvalue weighted by atomic mass is 10.0. The fourth-order valence-electron chi connectivity index (χ4n) is 2.79. The van der Waals surface area contributed by atoms with Gasteiger partial charge in [-0.05, 0) is 18.8 Å². The minimum absolute atomic E-state index is 0.00354. The topological polar surface area (TPSA) is 50.9 Å². The summed E-state index contributed by atoms with van der Waals surface area (Å²) >= 11 is 0. The summed E-state index contributed by atoms with van der Waals surface area (Å²) in [7, 11) is 0. The molecule has 0 radical (unpaired) electrons. The van der Waals surface area contributed by atoms with Gasteiger partial charge in [0.2, 0.25) is 0 Å². The molecule has 0 saturated heterocycles. The molecule has 96 valence electrons. The SMILES string of the molecule is CCCn1c(CO)nnc1CCC1CCCC1. The van der Waals surface area contributed by atoms with Gasteiger partial charge in [-0.2, -0.15) is 0 Å². The van der Waals surface area contributed by atoms with Gasteiger partial charge < -0.3 is 9.67 Å². The minimum Gasteiger partial charge on any atom is -0.388 e. The Bertz CT molecular complexity index is 342. The molecule has 0 unspecified atom stereocenters. The Kier molecular flexibility index (Phi) is 4.54. The number of hydrogen-bond donors (Lipinski definition) is 1. The second-order valence-electron chi connectivity index (χ2n) is 5.03. The molecule has 4 heteroatoms. The molecule has 0 bridgehead atoms. The first-order valence-corrected chi connectivity index (χ1v) is 6.87. The third-order valence-corrected chi connectivity index (χ3v) is 3.74. The third kappa shape index (κ3) is 3.06. The summed E-state index contributed by atoms with van der Waals surface area (Å²) in [5.74, 6) is 2.66. The van der Waals surface area contributed by atoms with Crippen LogP contribution in [-0.2, 0) is 19.6 Å². The molecule has 0 amide bonds. The Balaban J connectivity index is 1.96. The van der Waals surface area contributed by atoms with Crippen LogP contribution in [-0.4, -0.2) is 19.9 Å². The normalized spacial score (nSPS) is 16.8. The zero-order valence-electron chi connectivity index (χ0n) is 10.7. The van der Waals surface area contributed by atoms with Gasteiger partial charge in [0, 0.05) is 13.0 Å². The van der Waals surface area contributed by atoms with Crippen molar-refractivity contribution in [3.63, 3.8) is 0 Å². The van der Waals surface area contributed by atoms with Crippen molar-refractivity contribution in [1.29, 1.82) is 0 Å². The van der Waals surface area contributed by atoms with Gasteiger partial charge >= 0.3 is 0 Å². The van der Waals surface area contributed by atoms with Gasteiger partial charge in [-0.25, -0.2) is 0 Å². The van der Waals surface area contributed by atoms with Crippen LogP contribution in [0.3, 0.4) is 0 Å². The van der Waals surface area contributed by atoms with Crippen LogP contribution in [0.4, 0.5) is 0 Å². The maximum absolute atomic E-state index is 9.21. The standard InChI is InChI=1S/C13H23N3O/c1-2-9-16-12(14-15-13(16)10-17)8-7-11-5-3-4-6-11/h11,17H,2-10H2,1H3. The van der Waals surface area contributed by atoms with Crippen LogP contribution >= 0.6 is 0 Å². The van der Waals surface area contributed by atoms with E-state index in [1.165, 1.54) is 32.1 Å². The first-order chi connectivity index (χ1) is 8.35. The van der Waals surface area contributed by atoms with Crippen molar-refractivity contribution in [2.24, 2.45) is 5.92 Å². The highest BCUT2D eigenvalue weighted by molar-refractivity contribution is 4.95. The van der Waals surface area contributed by atoms with E-state index >= 15 is 0 Å². The van der Waals surface area contributed by atoms with E-state index in [1.807, 2.05) is 0 Å². The molecule has 0 spiro atoms. The summed E-state index contributed by atoms with van der Waals surface area (Å²) in [5.41, 5.74) is 0. The predicted octanol–water partition coefficient (Wildman–Crippen LogP) is 2.30. The van der Waals surface area contributed by atoms with Crippen LogP contribution < -0.4 is 0 Å². The molecule has 4 nitrogen and oxygen atoms in total. The van der Waals surface area contributed by atoms with Crippen molar-refractivity contribution in [3.05, 3.63) is 11.6 Å². The molecule has 0 aromatic carbocycles. The molecule has 0 atom stereocenters. The van der Waals surface area contributed by atoms with Gasteiger partial charge in [0.1, 0.15) is 12.4 Å². The molecule has 1 aromatic rings. The minimum atomic E-state index is -0.00354. The number of aromatic nitrogens is 3. The molecule has 1 heterocycles. The summed E-state index contributed by atoms with van der Waals surface area (Å²) in [5, 5.41) is 17.5. The smallest absolute Gasteiger partial charge is 0.158 e. The van der Waals surface area contributed by atoms with Crippen molar-refractivity contribution in [3.8, 4) is 0 Å². The highest BCUT2D eigenvalue weighted by Crippen LogP contribution is 2.28. The lowest BCUT2D eigenvalue weighted by molar-refractivity contribution is 0.264. The second-order valence-corrected chi connectivity index (χ2v) is 5.03. The van der Waals surface area contributed by atoms with Crippen LogP contribution in [0.5, 0.6) is 0 Å². The van der Waals surface area contributed by atoms with E-state index in [9.17, 15) is 5.11 Å². The first kappa shape index (κ1) is 12.6. The molecule has 17 heavy (non-hydrogen) atoms. The van der Waals surface area contributed by atoms with E-state index < -0.39 is 0 Å². The molecule has 0 aliphatic heterocycles. The fraction of sp³-hybridized carbons (Fsp3) is 0.846. The summed E-state index contributed by atoms with van der Waals surface area (Å²) in [6.45, 7) is 3.06. The highest BCUT2D eigenvalue weighted by Gasteiger charge is 2.17. The molecule has 1 aliphatic rings. The molecule has 1 aliphatic carbocycles. The van der Waals surface area contributed by atoms with Gasteiger partial charge in [0.25, 0.3) is 0 Å². The van der Waals surface area contributed by atoms with Crippen molar-refractivity contribution in [1.82, 2.24) is 14.8 Å². The molecular formula is C13H23N3O. The van der Waals surface area contributed by atoms with E-state index in [-0.39, 0.29) is 6.61 Å². The molecule has 1 N–H and O–H groups in total. The summed E-state index contributed by atoms with van der Waals surface area (Å²) in [4.78, 5) is 0. The largest absolute Gasteiger partial charge is 0.388 e. The van der Waals surface area contributed by atoms with Crippen molar-refractivity contribution >= 4 is 0 Å². The van der Waals surface area contributed by atoms with Gasteiger partial charge in [0.05, 0.1) is 0 Å². The Morgan fingerprint density at radius 2 is 1.94 bits per heavy atom. The molecule has 1 fully saturated rings. The van der Waals surface area contributed by atoms with Gasteiger partial charge in [-0.3, -0.25) is 0 Å². The molecular weight excluding hydrogens is 214 g/mol. The number of aryl methyl sites for hydroxylation is 1. The maximum Gasteiger partial charge on any atom is 0.158 e. The van der Waals surface area contributed by atoms with E-state index in [4.69, 9.17) is 0 Å². The van der Waals surface area contributed by atoms with E-state index in [1.54, 1.807) is 0 Å². The van der Waals surface area contributed by atoms with Gasteiger partial charge in [-0.1, -0.05) is 32.6 Å². The fourth-order valence-corrected chi connectivity index (χ4v) is 2.79. The van der Waals surface area contributed by atoms with Crippen LogP contribution in [0.1, 0.15) is 57.1 Å². The van der Waals surface area contributed by atoms with Gasteiger partial charge in [0.15, 0.2) is 5.82 Å². The second kappa shape index (κ2) is 6.15. The van der Waals surface area contributed by atoms with Crippen LogP contribution in [0.25, 0.3) is 0 Å². The van der Waals surface area contributed by atoms with Crippen molar-refractivity contribution in [2.75, 3.05) is 0 Å². The quantitative estimate of drug-likeness (QED) is 0.826. The summed E-state index contributed by atoms with van der Waals surface area (Å²) in [6, 6.07) is 0. The number of hydrogen-bond acceptors (Lipinski definition) is 3. The Hall–Kier alpha value is -0.900. The Morgan fingerprint density at radius 1 is 1.24 bits per heavy atom. The monoisotopic (exact) mass is 237 g/mol. The zero-order chi connectivity index (χ0) is 12.1. The maximum atomic E-state index is 9.21. The number of nitrogens with zero attached hydrogens (tertiary/aromatic N) is 3. The van der Waals surface area contributed by atoms with E-state index in [0.717, 1.165) is 31.1 Å². The average Bonchev–Trinajstić information content (AvgIpc) is 2.96. The Labute approximate surface area is 103 Å². The zero-order valence-corrected chi connectivity index (χ0v) is 10.7. The number of aliphatic hydroxyl groups excluding tert-OH is 1. The number of aliphatic hydroxyl groups is 1. The van der Waals surface area contributed by atoms with Crippen LogP contribution in [0.2, 0.25) is 0 Å². The average molecular weight is 237 g/mol. The van der Waals surface area contributed by atoms with Crippen molar-refractivity contribution < 1.29 is 5.11 Å². The van der Waals surface area contributed by atoms with Crippen LogP contribution in [0.15, 0.2) is 0 Å². The molecule has 2 rings (SSSR count). The molecule has 1 saturated carbocycles. The first-order valence-electron chi connectivity index (χ1n) is 6.87. The third-order valence-electron chi connectivity index (χ3n) is 3.74. The van der Waals surface area contributed by atoms with Crippen molar-refractivity contribution in [2.45, 2.75) is 65.0 Å². The highest BCUT2D eigenvalue weighted by atomic mass is 16.3. The predicted molar refractivity (Wildman–Crippen MR) is 66.5 cm³/mol. The Morgan fingerprint density at radius 3 is 2.59 bits per heavy atom. The number of rotatable bonds is 6. The van der Waals surface area contributed by atoms with Gasteiger partial charge in [-0.15, -0.1) is 10.2 Å². The van der Waals surface area contributed by atoms with Crippen LogP contribution in [0, 0.1) is 5.92 Å². The molecule has 1 aromatic heterocycles. The van der Waals surface area contributed by atoms with E-state index in [2.05, 4.69) is 21.7 Å². The lowest BCUT2D eigenvalue weighted by Gasteiger charge is -2.10. The van der Waals surface area contributed by atoms with E-state index in [0.29, 0.717) is 5.82 Å². The summed E-state index contributed by atoms with van der Waals surface area (Å²) in [6.07, 6.45) is 8.86. The lowest BCUT2D eigenvalue weighted by Crippen LogP contribution is -2.09. The summed E-state index contributed by atoms with van der Waals surface area (Å²) < 4.78 is 2.09.